The standard InChI is InChI=1S/C22H19FN6/c1-13-19-20(14-4-8-16(9-5-14)28(2)3)18(12-24)21(25)26-22(19)29(27-13)17-10-6-15(23)7-11-17/h4-11H,1-3H3,(H2,25,26). The summed E-state index contributed by atoms with van der Waals surface area (Å²) in [5.74, 6) is -0.196. The Morgan fingerprint density at radius 1 is 1.07 bits per heavy atom. The predicted molar refractivity (Wildman–Crippen MR) is 112 cm³/mol. The molecule has 7 heteroatoms. The topological polar surface area (TPSA) is 83.8 Å². The number of aromatic nitrogens is 3. The predicted octanol–water partition coefficient (Wildman–Crippen LogP) is 4.05. The molecular weight excluding hydrogens is 367 g/mol. The van der Waals surface area contributed by atoms with Crippen LogP contribution in [0.2, 0.25) is 0 Å². The summed E-state index contributed by atoms with van der Waals surface area (Å²) in [6.07, 6.45) is 0. The number of aryl methyl sites for hydroxylation is 1. The van der Waals surface area contributed by atoms with Crippen LogP contribution in [0.5, 0.6) is 0 Å². The highest BCUT2D eigenvalue weighted by molar-refractivity contribution is 6.00. The molecule has 2 aromatic heterocycles. The van der Waals surface area contributed by atoms with E-state index in [1.165, 1.54) is 12.1 Å². The number of hydrogen-bond acceptors (Lipinski definition) is 5. The van der Waals surface area contributed by atoms with E-state index in [0.29, 0.717) is 28.2 Å². The quantitative estimate of drug-likeness (QED) is 0.574. The third-order valence-corrected chi connectivity index (χ3v) is 4.87. The molecule has 144 valence electrons. The molecule has 0 unspecified atom stereocenters. The Bertz CT molecular complexity index is 1250. The third kappa shape index (κ3) is 3.05. The minimum Gasteiger partial charge on any atom is -0.383 e. The van der Waals surface area contributed by atoms with Crippen molar-refractivity contribution in [1.82, 2.24) is 14.8 Å². The van der Waals surface area contributed by atoms with Crippen LogP contribution in [-0.2, 0) is 0 Å². The van der Waals surface area contributed by atoms with Crippen LogP contribution in [0, 0.1) is 24.1 Å². The fraction of sp³-hybridized carbons (Fsp3) is 0.136. The van der Waals surface area contributed by atoms with Crippen LogP contribution >= 0.6 is 0 Å². The summed E-state index contributed by atoms with van der Waals surface area (Å²) in [7, 11) is 3.93. The molecule has 0 aliphatic heterocycles. The fourth-order valence-corrected chi connectivity index (χ4v) is 3.42. The number of rotatable bonds is 3. The SMILES string of the molecule is Cc1nn(-c2ccc(F)cc2)c2nc(N)c(C#N)c(-c3ccc(N(C)C)cc3)c12. The average Bonchev–Trinajstić information content (AvgIpc) is 3.03. The molecule has 0 fully saturated rings. The molecule has 0 radical (unpaired) electrons. The number of fused-ring (bicyclic) bond motifs is 1. The lowest BCUT2D eigenvalue weighted by molar-refractivity contribution is 0.627. The lowest BCUT2D eigenvalue weighted by atomic mass is 9.96. The van der Waals surface area contributed by atoms with E-state index in [2.05, 4.69) is 16.2 Å². The van der Waals surface area contributed by atoms with Crippen molar-refractivity contribution in [2.24, 2.45) is 0 Å². The number of halogens is 1. The second kappa shape index (κ2) is 6.91. The zero-order chi connectivity index (χ0) is 20.7. The van der Waals surface area contributed by atoms with Gasteiger partial charge in [-0.25, -0.2) is 14.1 Å². The molecule has 2 N–H and O–H groups in total. The van der Waals surface area contributed by atoms with Crippen LogP contribution in [-0.4, -0.2) is 28.9 Å². The second-order valence-corrected chi connectivity index (χ2v) is 6.97. The molecule has 6 nitrogen and oxygen atoms in total. The number of nitrogens with two attached hydrogens (primary N) is 1. The maximum absolute atomic E-state index is 13.4. The lowest BCUT2D eigenvalue weighted by Gasteiger charge is -2.14. The molecule has 0 saturated heterocycles. The fourth-order valence-electron chi connectivity index (χ4n) is 3.42. The Morgan fingerprint density at radius 3 is 2.31 bits per heavy atom. The highest BCUT2D eigenvalue weighted by Gasteiger charge is 2.21. The number of nitrogens with zero attached hydrogens (tertiary/aromatic N) is 5. The summed E-state index contributed by atoms with van der Waals surface area (Å²) in [4.78, 5) is 6.46. The molecule has 2 aromatic carbocycles. The summed E-state index contributed by atoms with van der Waals surface area (Å²) in [5.41, 5.74) is 11.0. The molecule has 0 atom stereocenters. The van der Waals surface area contributed by atoms with Crippen LogP contribution < -0.4 is 10.6 Å². The highest BCUT2D eigenvalue weighted by atomic mass is 19.1. The first-order valence-corrected chi connectivity index (χ1v) is 9.03. The highest BCUT2D eigenvalue weighted by Crippen LogP contribution is 2.37. The van der Waals surface area contributed by atoms with Crippen molar-refractivity contribution < 1.29 is 4.39 Å². The molecule has 0 bridgehead atoms. The van der Waals surface area contributed by atoms with Crippen molar-refractivity contribution in [1.29, 1.82) is 5.26 Å². The van der Waals surface area contributed by atoms with Crippen molar-refractivity contribution in [2.75, 3.05) is 24.7 Å². The van der Waals surface area contributed by atoms with Gasteiger partial charge in [-0.05, 0) is 48.9 Å². The molecule has 4 aromatic rings. The van der Waals surface area contributed by atoms with Gasteiger partial charge in [0.25, 0.3) is 0 Å². The Kier molecular flexibility index (Phi) is 4.40. The Balaban J connectivity index is 2.03. The van der Waals surface area contributed by atoms with E-state index in [1.54, 1.807) is 16.8 Å². The van der Waals surface area contributed by atoms with E-state index in [-0.39, 0.29) is 11.6 Å². The summed E-state index contributed by atoms with van der Waals surface area (Å²) in [6.45, 7) is 1.86. The normalized spacial score (nSPS) is 10.9. The first-order chi connectivity index (χ1) is 13.9. The van der Waals surface area contributed by atoms with E-state index in [4.69, 9.17) is 5.73 Å². The van der Waals surface area contributed by atoms with Crippen molar-refractivity contribution in [3.05, 3.63) is 65.6 Å². The van der Waals surface area contributed by atoms with Crippen LogP contribution in [0.1, 0.15) is 11.3 Å². The van der Waals surface area contributed by atoms with Gasteiger partial charge in [0.1, 0.15) is 23.3 Å². The van der Waals surface area contributed by atoms with Crippen molar-refractivity contribution in [2.45, 2.75) is 6.92 Å². The minimum atomic E-state index is -0.331. The maximum atomic E-state index is 13.4. The molecular formula is C22H19FN6. The zero-order valence-corrected chi connectivity index (χ0v) is 16.3. The first kappa shape index (κ1) is 18.4. The maximum Gasteiger partial charge on any atom is 0.166 e. The van der Waals surface area contributed by atoms with E-state index in [1.807, 2.05) is 50.2 Å². The number of pyridine rings is 1. The molecule has 29 heavy (non-hydrogen) atoms. The van der Waals surface area contributed by atoms with Gasteiger partial charge < -0.3 is 10.6 Å². The van der Waals surface area contributed by atoms with Crippen LogP contribution in [0.25, 0.3) is 27.8 Å². The summed E-state index contributed by atoms with van der Waals surface area (Å²) >= 11 is 0. The Labute approximate surface area is 167 Å². The lowest BCUT2D eigenvalue weighted by Crippen LogP contribution is -2.08. The van der Waals surface area contributed by atoms with Gasteiger partial charge in [0.2, 0.25) is 0 Å². The molecule has 0 amide bonds. The van der Waals surface area contributed by atoms with E-state index < -0.39 is 0 Å². The van der Waals surface area contributed by atoms with Crippen molar-refractivity contribution >= 4 is 22.5 Å². The Hall–Kier alpha value is -3.92. The summed E-state index contributed by atoms with van der Waals surface area (Å²) in [5, 5.41) is 15.1. The summed E-state index contributed by atoms with van der Waals surface area (Å²) in [6, 6.07) is 16.1. The minimum absolute atomic E-state index is 0.134. The smallest absolute Gasteiger partial charge is 0.166 e. The molecule has 4 rings (SSSR count). The first-order valence-electron chi connectivity index (χ1n) is 9.03. The van der Waals surface area contributed by atoms with Gasteiger partial charge in [-0.2, -0.15) is 10.4 Å². The van der Waals surface area contributed by atoms with E-state index in [9.17, 15) is 9.65 Å². The monoisotopic (exact) mass is 386 g/mol. The number of nitrogen functional groups attached to an aromatic ring is 1. The molecule has 0 aliphatic rings. The summed E-state index contributed by atoms with van der Waals surface area (Å²) < 4.78 is 15.0. The number of hydrogen-bond donors (Lipinski definition) is 1. The van der Waals surface area contributed by atoms with Crippen LogP contribution in [0.4, 0.5) is 15.9 Å². The van der Waals surface area contributed by atoms with Gasteiger partial charge in [-0.15, -0.1) is 0 Å². The van der Waals surface area contributed by atoms with E-state index >= 15 is 0 Å². The van der Waals surface area contributed by atoms with Gasteiger partial charge in [0, 0.05) is 25.3 Å². The zero-order valence-electron chi connectivity index (χ0n) is 16.3. The number of benzene rings is 2. The van der Waals surface area contributed by atoms with E-state index in [0.717, 1.165) is 16.6 Å². The molecule has 2 heterocycles. The second-order valence-electron chi connectivity index (χ2n) is 6.97. The van der Waals surface area contributed by atoms with Gasteiger partial charge >= 0.3 is 0 Å². The van der Waals surface area contributed by atoms with Crippen molar-refractivity contribution in [3.8, 4) is 22.9 Å². The molecule has 0 aliphatic carbocycles. The Morgan fingerprint density at radius 2 is 1.72 bits per heavy atom. The van der Waals surface area contributed by atoms with Gasteiger partial charge in [-0.3, -0.25) is 0 Å². The van der Waals surface area contributed by atoms with Gasteiger partial charge in [0.15, 0.2) is 5.65 Å². The number of nitriles is 1. The molecule has 0 saturated carbocycles. The third-order valence-electron chi connectivity index (χ3n) is 4.87. The van der Waals surface area contributed by atoms with Crippen molar-refractivity contribution in [3.63, 3.8) is 0 Å². The molecule has 0 spiro atoms. The van der Waals surface area contributed by atoms with Gasteiger partial charge in [-0.1, -0.05) is 12.1 Å². The van der Waals surface area contributed by atoms with Crippen LogP contribution in [0.15, 0.2) is 48.5 Å². The largest absolute Gasteiger partial charge is 0.383 e. The van der Waals surface area contributed by atoms with Crippen LogP contribution in [0.3, 0.4) is 0 Å². The average molecular weight is 386 g/mol. The number of anilines is 2. The van der Waals surface area contributed by atoms with Gasteiger partial charge in [0.05, 0.1) is 16.8 Å².